The van der Waals surface area contributed by atoms with E-state index in [1.54, 1.807) is 4.90 Å². The van der Waals surface area contributed by atoms with Crippen molar-refractivity contribution in [2.75, 3.05) is 13.6 Å². The number of hydrogen-bond acceptors (Lipinski definition) is 6. The molecule has 0 aromatic rings. The van der Waals surface area contributed by atoms with Crippen LogP contribution in [0.3, 0.4) is 0 Å². The molecule has 0 aromatic heterocycles. The molecule has 2 unspecified atom stereocenters. The second-order valence-electron chi connectivity index (χ2n) is 7.32. The lowest BCUT2D eigenvalue weighted by atomic mass is 10.0. The van der Waals surface area contributed by atoms with E-state index < -0.39 is 6.04 Å². The predicted molar refractivity (Wildman–Crippen MR) is 87.6 cm³/mol. The molecular formula is C15H24N4O4S. The molecule has 0 aliphatic carbocycles. The van der Waals surface area contributed by atoms with Gasteiger partial charge in [0.05, 0.1) is 12.1 Å². The van der Waals surface area contributed by atoms with Crippen LogP contribution in [-0.2, 0) is 13.9 Å². The van der Waals surface area contributed by atoms with Gasteiger partial charge in [-0.1, -0.05) is 0 Å². The van der Waals surface area contributed by atoms with Gasteiger partial charge in [0.2, 0.25) is 0 Å². The van der Waals surface area contributed by atoms with E-state index in [4.69, 9.17) is 9.12 Å². The minimum absolute atomic E-state index is 0.0236. The molecule has 4 atom stereocenters. The largest absolute Gasteiger partial charge is 0.345 e. The number of thiol groups is 1. The number of amides is 3. The van der Waals surface area contributed by atoms with Gasteiger partial charge in [-0.25, -0.2) is 14.6 Å². The van der Waals surface area contributed by atoms with Gasteiger partial charge in [0, 0.05) is 31.5 Å². The highest BCUT2D eigenvalue weighted by Gasteiger charge is 2.48. The Hall–Kier alpha value is -1.03. The topological polar surface area (TPSA) is 74.4 Å². The van der Waals surface area contributed by atoms with Crippen molar-refractivity contribution in [2.24, 2.45) is 0 Å². The fourth-order valence-corrected chi connectivity index (χ4v) is 4.88. The average Bonchev–Trinajstić information content (AvgIpc) is 2.93. The Morgan fingerprint density at radius 1 is 1.17 bits per heavy atom. The van der Waals surface area contributed by atoms with Crippen LogP contribution < -0.4 is 5.48 Å². The summed E-state index contributed by atoms with van der Waals surface area (Å²) in [5, 5.41) is 1.24. The highest BCUT2D eigenvalue weighted by atomic mass is 32.1. The Morgan fingerprint density at radius 3 is 2.50 bits per heavy atom. The number of nitrogens with zero attached hydrogens (tertiary/aromatic N) is 3. The molecule has 4 fully saturated rings. The molecule has 0 saturated carbocycles. The summed E-state index contributed by atoms with van der Waals surface area (Å²) in [7, 11) is 2.17. The molecule has 1 N–H and O–H groups in total. The lowest BCUT2D eigenvalue weighted by Crippen LogP contribution is -2.51. The van der Waals surface area contributed by atoms with Gasteiger partial charge in [-0.15, -0.1) is 0 Å². The summed E-state index contributed by atoms with van der Waals surface area (Å²) in [5.74, 6) is -0.242. The van der Waals surface area contributed by atoms with Crippen LogP contribution in [-0.4, -0.2) is 70.7 Å². The molecule has 8 nitrogen and oxygen atoms in total. The zero-order valence-electron chi connectivity index (χ0n) is 13.8. The Bertz CT molecular complexity index is 522. The summed E-state index contributed by atoms with van der Waals surface area (Å²) in [6.07, 6.45) is 5.71. The monoisotopic (exact) mass is 356 g/mol. The molecule has 24 heavy (non-hydrogen) atoms. The minimum atomic E-state index is -0.495. The van der Waals surface area contributed by atoms with E-state index >= 15 is 0 Å². The molecule has 4 rings (SSSR count). The summed E-state index contributed by atoms with van der Waals surface area (Å²) in [4.78, 5) is 34.4. The quantitative estimate of drug-likeness (QED) is 0.441. The molecule has 9 heteroatoms. The second-order valence-corrected chi connectivity index (χ2v) is 7.48. The van der Waals surface area contributed by atoms with Crippen molar-refractivity contribution in [1.29, 1.82) is 0 Å². The maximum atomic E-state index is 12.5. The molecule has 4 bridgehead atoms. The lowest BCUT2D eigenvalue weighted by molar-refractivity contribution is -0.147. The van der Waals surface area contributed by atoms with Crippen molar-refractivity contribution < 1.29 is 18.7 Å². The van der Waals surface area contributed by atoms with E-state index in [0.29, 0.717) is 25.0 Å². The maximum absolute atomic E-state index is 12.5. The van der Waals surface area contributed by atoms with Gasteiger partial charge in [-0.3, -0.25) is 9.63 Å². The number of rotatable bonds is 4. The number of urea groups is 1. The summed E-state index contributed by atoms with van der Waals surface area (Å²) in [6.45, 7) is 0.496. The number of nitrogens with one attached hydrogen (secondary N) is 1. The van der Waals surface area contributed by atoms with Crippen molar-refractivity contribution in [3.05, 3.63) is 0 Å². The Balaban J connectivity index is 1.32. The first-order chi connectivity index (χ1) is 11.6. The highest BCUT2D eigenvalue weighted by Crippen LogP contribution is 2.35. The van der Waals surface area contributed by atoms with Crippen LogP contribution in [0.4, 0.5) is 4.79 Å². The van der Waals surface area contributed by atoms with E-state index in [2.05, 4.69) is 30.3 Å². The predicted octanol–water partition coefficient (Wildman–Crippen LogP) is 0.704. The molecule has 4 heterocycles. The van der Waals surface area contributed by atoms with E-state index in [9.17, 15) is 9.59 Å². The van der Waals surface area contributed by atoms with Crippen LogP contribution in [0.5, 0.6) is 0 Å². The smallest absolute Gasteiger partial charge is 0.309 e. The van der Waals surface area contributed by atoms with Crippen molar-refractivity contribution in [1.82, 2.24) is 20.3 Å². The number of hydrogen-bond donors (Lipinski definition) is 2. The third-order valence-corrected chi connectivity index (χ3v) is 6.27. The van der Waals surface area contributed by atoms with Crippen LogP contribution in [0, 0.1) is 0 Å². The van der Waals surface area contributed by atoms with E-state index in [0.717, 1.165) is 19.3 Å². The molecule has 0 aromatic carbocycles. The number of carbonyl (C=O) groups is 2. The third-order valence-electron chi connectivity index (χ3n) is 6.09. The summed E-state index contributed by atoms with van der Waals surface area (Å²) < 4.78 is 4.83. The summed E-state index contributed by atoms with van der Waals surface area (Å²) in [5.41, 5.74) is 2.61. The molecular weight excluding hydrogens is 332 g/mol. The van der Waals surface area contributed by atoms with Crippen molar-refractivity contribution in [2.45, 2.75) is 68.8 Å². The van der Waals surface area contributed by atoms with Gasteiger partial charge in [0.15, 0.2) is 0 Å². The van der Waals surface area contributed by atoms with Crippen molar-refractivity contribution in [3.8, 4) is 0 Å². The van der Waals surface area contributed by atoms with Crippen LogP contribution in [0.15, 0.2) is 0 Å². The van der Waals surface area contributed by atoms with Crippen LogP contribution >= 0.6 is 12.9 Å². The van der Waals surface area contributed by atoms with Crippen molar-refractivity contribution in [3.63, 3.8) is 0 Å². The fourth-order valence-electron chi connectivity index (χ4n) is 4.68. The fraction of sp³-hybridized carbons (Fsp3) is 0.867. The number of fused-ring (bicyclic) bond motifs is 4. The zero-order chi connectivity index (χ0) is 16.8. The number of carbonyl (C=O) groups excluding carboxylic acids is 2. The minimum Gasteiger partial charge on any atom is -0.309 e. The lowest BCUT2D eigenvalue weighted by Gasteiger charge is -2.36. The van der Waals surface area contributed by atoms with Crippen LogP contribution in [0.25, 0.3) is 0 Å². The van der Waals surface area contributed by atoms with E-state index in [1.807, 2.05) is 0 Å². The molecule has 4 aliphatic rings. The van der Waals surface area contributed by atoms with Crippen molar-refractivity contribution >= 4 is 24.8 Å². The normalized spacial score (nSPS) is 38.8. The van der Waals surface area contributed by atoms with Gasteiger partial charge in [-0.05, 0) is 45.6 Å². The maximum Gasteiger partial charge on any atom is 0.345 e. The number of piperidine rings is 2. The average molecular weight is 356 g/mol. The first-order valence-corrected chi connectivity index (χ1v) is 9.03. The van der Waals surface area contributed by atoms with Gasteiger partial charge in [0.1, 0.15) is 6.04 Å². The third kappa shape index (κ3) is 2.67. The molecule has 0 radical (unpaired) electrons. The second kappa shape index (κ2) is 6.36. The standard InChI is InChI=1S/C15H24N4O4S/c1-17-9-2-3-10(17)7-12(6-9)22-16-14(20)13-5-4-11-8-18(13)15(21)19(11)23-24/h9-13,24H,2-8H2,1H3,(H,16,20)/t9?,10?,11-,12?,13+/m1/s1. The van der Waals surface area contributed by atoms with Gasteiger partial charge in [0.25, 0.3) is 5.91 Å². The van der Waals surface area contributed by atoms with Crippen LogP contribution in [0.2, 0.25) is 0 Å². The van der Waals surface area contributed by atoms with Crippen LogP contribution in [0.1, 0.15) is 38.5 Å². The zero-order valence-corrected chi connectivity index (χ0v) is 14.7. The first-order valence-electron chi connectivity index (χ1n) is 8.67. The van der Waals surface area contributed by atoms with E-state index in [1.165, 1.54) is 17.9 Å². The molecule has 4 saturated heterocycles. The highest BCUT2D eigenvalue weighted by molar-refractivity contribution is 7.75. The molecule has 134 valence electrons. The SMILES string of the molecule is CN1C2CCC1CC(ONC(=O)[C@@H]1CC[C@@H]3CN1C(=O)N3OS)C2. The molecule has 4 aliphatic heterocycles. The Labute approximate surface area is 146 Å². The number of hydroxylamine groups is 3. The Morgan fingerprint density at radius 2 is 1.83 bits per heavy atom. The molecule has 0 spiro atoms. The van der Waals surface area contributed by atoms with E-state index in [-0.39, 0.29) is 24.1 Å². The van der Waals surface area contributed by atoms with Gasteiger partial charge in [-0.2, -0.15) is 5.06 Å². The van der Waals surface area contributed by atoms with Gasteiger partial charge < -0.3 is 9.80 Å². The molecule has 3 amide bonds. The summed E-state index contributed by atoms with van der Waals surface area (Å²) in [6, 6.07) is 0.296. The first kappa shape index (κ1) is 16.4. The van der Waals surface area contributed by atoms with Gasteiger partial charge >= 0.3 is 6.03 Å². The summed E-state index contributed by atoms with van der Waals surface area (Å²) >= 11 is 3.73. The Kier molecular flexibility index (Phi) is 4.36.